The van der Waals surface area contributed by atoms with Gasteiger partial charge in [0.1, 0.15) is 0 Å². The third-order valence-electron chi connectivity index (χ3n) is 4.31. The minimum absolute atomic E-state index is 0.0360. The Morgan fingerprint density at radius 2 is 1.69 bits per heavy atom. The van der Waals surface area contributed by atoms with Crippen molar-refractivity contribution in [1.82, 2.24) is 0 Å². The van der Waals surface area contributed by atoms with Gasteiger partial charge in [-0.2, -0.15) is 0 Å². The van der Waals surface area contributed by atoms with Gasteiger partial charge < -0.3 is 23.9 Å². The molecule has 166 valence electrons. The third kappa shape index (κ3) is 5.22. The Morgan fingerprint density at radius 1 is 0.969 bits per heavy atom. The molecule has 0 bridgehead atoms. The summed E-state index contributed by atoms with van der Waals surface area (Å²) in [4.78, 5) is 37.6. The maximum atomic E-state index is 12.8. The molecule has 1 amide bonds. The topological polar surface area (TPSA) is 104 Å². The predicted molar refractivity (Wildman–Crippen MR) is 117 cm³/mol. The summed E-state index contributed by atoms with van der Waals surface area (Å²) in [6.45, 7) is -0.559. The number of nitrogens with one attached hydrogen (secondary N) is 1. The quantitative estimate of drug-likeness (QED) is 0.363. The molecule has 1 heterocycles. The van der Waals surface area contributed by atoms with Crippen LogP contribution >= 0.6 is 23.2 Å². The maximum Gasteiger partial charge on any atom is 0.340 e. The molecule has 3 rings (SSSR count). The summed E-state index contributed by atoms with van der Waals surface area (Å²) in [6.07, 6.45) is 1.34. The van der Waals surface area contributed by atoms with E-state index in [2.05, 4.69) is 5.32 Å². The number of carbonyl (C=O) groups is 3. The van der Waals surface area contributed by atoms with Crippen LogP contribution < -0.4 is 14.8 Å². The van der Waals surface area contributed by atoms with Crippen LogP contribution in [-0.2, 0) is 4.74 Å². The molecule has 1 aromatic heterocycles. The fraction of sp³-hybridized carbons (Fsp3) is 0.136. The molecule has 0 aliphatic carbocycles. The van der Waals surface area contributed by atoms with Gasteiger partial charge in [0, 0.05) is 17.7 Å². The zero-order valence-electron chi connectivity index (χ0n) is 16.9. The van der Waals surface area contributed by atoms with Crippen LogP contribution in [-0.4, -0.2) is 38.5 Å². The van der Waals surface area contributed by atoms with Crippen LogP contribution in [0.5, 0.6) is 11.5 Å². The van der Waals surface area contributed by atoms with Crippen molar-refractivity contribution in [3.63, 3.8) is 0 Å². The molecular formula is C22H17Cl2NO7. The van der Waals surface area contributed by atoms with Crippen molar-refractivity contribution in [2.75, 3.05) is 26.1 Å². The zero-order chi connectivity index (χ0) is 23.3. The van der Waals surface area contributed by atoms with Gasteiger partial charge in [-0.1, -0.05) is 23.2 Å². The fourth-order valence-electron chi connectivity index (χ4n) is 2.70. The molecule has 0 atom stereocenters. The highest BCUT2D eigenvalue weighted by molar-refractivity contribution is 6.42. The number of amides is 1. The van der Waals surface area contributed by atoms with Crippen molar-refractivity contribution in [3.8, 4) is 11.5 Å². The van der Waals surface area contributed by atoms with Crippen molar-refractivity contribution < 1.29 is 33.0 Å². The van der Waals surface area contributed by atoms with Crippen LogP contribution in [0.25, 0.3) is 0 Å². The van der Waals surface area contributed by atoms with Gasteiger partial charge in [0.15, 0.2) is 29.6 Å². The number of furan rings is 1. The lowest BCUT2D eigenvalue weighted by Gasteiger charge is -2.15. The molecule has 32 heavy (non-hydrogen) atoms. The number of benzene rings is 2. The van der Waals surface area contributed by atoms with E-state index in [1.165, 1.54) is 56.9 Å². The molecule has 1 N–H and O–H groups in total. The largest absolute Gasteiger partial charge is 0.493 e. The summed E-state index contributed by atoms with van der Waals surface area (Å²) < 4.78 is 20.7. The molecule has 0 aliphatic rings. The maximum absolute atomic E-state index is 12.8. The Balaban J connectivity index is 1.83. The van der Waals surface area contributed by atoms with Crippen LogP contribution in [0.1, 0.15) is 31.3 Å². The summed E-state index contributed by atoms with van der Waals surface area (Å²) >= 11 is 11.8. The summed E-state index contributed by atoms with van der Waals surface area (Å²) in [5.74, 6) is -1.42. The predicted octanol–water partition coefficient (Wildman–Crippen LogP) is 4.90. The molecule has 0 fully saturated rings. The second-order valence-corrected chi connectivity index (χ2v) is 7.13. The van der Waals surface area contributed by atoms with E-state index in [-0.39, 0.29) is 39.1 Å². The van der Waals surface area contributed by atoms with Crippen molar-refractivity contribution in [1.29, 1.82) is 0 Å². The molecule has 2 aromatic carbocycles. The van der Waals surface area contributed by atoms with Gasteiger partial charge in [-0.15, -0.1) is 0 Å². The van der Waals surface area contributed by atoms with Crippen molar-refractivity contribution >= 4 is 46.5 Å². The second kappa shape index (κ2) is 10.2. The normalized spacial score (nSPS) is 10.4. The molecule has 0 spiro atoms. The Bertz CT molecular complexity index is 1160. The van der Waals surface area contributed by atoms with Gasteiger partial charge in [0.25, 0.3) is 5.91 Å². The van der Waals surface area contributed by atoms with Gasteiger partial charge in [0.05, 0.1) is 41.8 Å². The number of methoxy groups -OCH3 is 2. The fourth-order valence-corrected chi connectivity index (χ4v) is 3.00. The minimum atomic E-state index is -0.867. The first kappa shape index (κ1) is 23.2. The van der Waals surface area contributed by atoms with Gasteiger partial charge in [-0.3, -0.25) is 9.59 Å². The Kier molecular flexibility index (Phi) is 7.40. The number of ketones is 1. The first-order chi connectivity index (χ1) is 15.3. The summed E-state index contributed by atoms with van der Waals surface area (Å²) in [7, 11) is 2.80. The van der Waals surface area contributed by atoms with Crippen molar-refractivity contribution in [2.45, 2.75) is 0 Å². The number of esters is 1. The monoisotopic (exact) mass is 477 g/mol. The number of halogens is 2. The summed E-state index contributed by atoms with van der Waals surface area (Å²) in [5, 5.41) is 3.06. The lowest BCUT2D eigenvalue weighted by molar-refractivity contribution is 0.0475. The second-order valence-electron chi connectivity index (χ2n) is 6.31. The molecule has 0 saturated carbocycles. The van der Waals surface area contributed by atoms with Crippen LogP contribution in [0, 0.1) is 0 Å². The van der Waals surface area contributed by atoms with E-state index >= 15 is 0 Å². The number of ether oxygens (including phenoxy) is 3. The average molecular weight is 478 g/mol. The molecule has 0 radical (unpaired) electrons. The third-order valence-corrected chi connectivity index (χ3v) is 5.05. The molecule has 8 nitrogen and oxygen atoms in total. The first-order valence-electron chi connectivity index (χ1n) is 9.10. The van der Waals surface area contributed by atoms with Gasteiger partial charge in [0.2, 0.25) is 0 Å². The van der Waals surface area contributed by atoms with Gasteiger partial charge in [-0.05, 0) is 30.3 Å². The highest BCUT2D eigenvalue weighted by Crippen LogP contribution is 2.34. The van der Waals surface area contributed by atoms with Crippen molar-refractivity contribution in [2.24, 2.45) is 0 Å². The Hall–Kier alpha value is -3.49. The minimum Gasteiger partial charge on any atom is -0.493 e. The van der Waals surface area contributed by atoms with E-state index in [1.54, 1.807) is 6.07 Å². The molecular weight excluding hydrogens is 461 g/mol. The van der Waals surface area contributed by atoms with Crippen LogP contribution in [0.3, 0.4) is 0 Å². The standard InChI is InChI=1S/C22H17Cl2NO7/c1-29-19-9-13(16(10-20(19)30-2)25-21(27)18-4-3-7-31-18)22(28)32-11-17(26)12-5-6-14(23)15(24)8-12/h3-10H,11H2,1-2H3,(H,25,27). The van der Waals surface area contributed by atoms with E-state index < -0.39 is 24.3 Å². The first-order valence-corrected chi connectivity index (χ1v) is 9.86. The van der Waals surface area contributed by atoms with Crippen LogP contribution in [0.4, 0.5) is 5.69 Å². The van der Waals surface area contributed by atoms with Crippen LogP contribution in [0.15, 0.2) is 53.1 Å². The number of hydrogen-bond donors (Lipinski definition) is 1. The molecule has 0 unspecified atom stereocenters. The van der Waals surface area contributed by atoms with Gasteiger partial charge in [-0.25, -0.2) is 4.79 Å². The lowest BCUT2D eigenvalue weighted by Crippen LogP contribution is -2.18. The SMILES string of the molecule is COc1cc(NC(=O)c2ccco2)c(C(=O)OCC(=O)c2ccc(Cl)c(Cl)c2)cc1OC. The average Bonchev–Trinajstić information content (AvgIpc) is 3.34. The van der Waals surface area contributed by atoms with E-state index in [0.29, 0.717) is 5.02 Å². The van der Waals surface area contributed by atoms with E-state index in [1.807, 2.05) is 0 Å². The highest BCUT2D eigenvalue weighted by Gasteiger charge is 2.22. The molecule has 0 aliphatic heterocycles. The number of rotatable bonds is 8. The molecule has 3 aromatic rings. The number of anilines is 1. The Labute approximate surface area is 193 Å². The van der Waals surface area contributed by atoms with E-state index in [4.69, 9.17) is 41.8 Å². The zero-order valence-corrected chi connectivity index (χ0v) is 18.5. The summed E-state index contributed by atoms with van der Waals surface area (Å²) in [6, 6.07) is 10.1. The smallest absolute Gasteiger partial charge is 0.340 e. The van der Waals surface area contributed by atoms with Crippen molar-refractivity contribution in [3.05, 3.63) is 75.7 Å². The highest BCUT2D eigenvalue weighted by atomic mass is 35.5. The Morgan fingerprint density at radius 3 is 2.31 bits per heavy atom. The number of Topliss-reactive ketones (excluding diaryl/α,β-unsaturated/α-hetero) is 1. The molecule has 10 heteroatoms. The lowest BCUT2D eigenvalue weighted by atomic mass is 10.1. The van der Waals surface area contributed by atoms with Crippen LogP contribution in [0.2, 0.25) is 10.0 Å². The molecule has 0 saturated heterocycles. The van der Waals surface area contributed by atoms with E-state index in [0.717, 1.165) is 0 Å². The van der Waals surface area contributed by atoms with Gasteiger partial charge >= 0.3 is 5.97 Å². The number of carbonyl (C=O) groups excluding carboxylic acids is 3. The number of hydrogen-bond acceptors (Lipinski definition) is 7. The summed E-state index contributed by atoms with van der Waals surface area (Å²) in [5.41, 5.74) is 0.256. The van der Waals surface area contributed by atoms with E-state index in [9.17, 15) is 14.4 Å².